The van der Waals surface area contributed by atoms with E-state index in [4.69, 9.17) is 9.47 Å². The molecule has 0 aromatic heterocycles. The van der Waals surface area contributed by atoms with Crippen LogP contribution >= 0.6 is 24.0 Å². The molecule has 5 nitrogen and oxygen atoms in total. The highest BCUT2D eigenvalue weighted by molar-refractivity contribution is 14.0. The SMILES string of the molecule is C=CCNC(=NCc1ccc(C)cc1OC1CCOC1)NCC.I. The fourth-order valence-electron chi connectivity index (χ4n) is 2.36. The molecule has 0 radical (unpaired) electrons. The van der Waals surface area contributed by atoms with E-state index in [1.807, 2.05) is 13.0 Å². The van der Waals surface area contributed by atoms with Gasteiger partial charge >= 0.3 is 0 Å². The van der Waals surface area contributed by atoms with Gasteiger partial charge in [-0.25, -0.2) is 4.99 Å². The van der Waals surface area contributed by atoms with Crippen LogP contribution in [-0.2, 0) is 11.3 Å². The summed E-state index contributed by atoms with van der Waals surface area (Å²) in [6.07, 6.45) is 2.90. The molecular formula is C18H28IN3O2. The van der Waals surface area contributed by atoms with E-state index in [0.717, 1.165) is 36.8 Å². The first-order valence-electron chi connectivity index (χ1n) is 8.20. The molecule has 1 aliphatic heterocycles. The summed E-state index contributed by atoms with van der Waals surface area (Å²) in [4.78, 5) is 4.62. The summed E-state index contributed by atoms with van der Waals surface area (Å²) in [7, 11) is 0. The third-order valence-corrected chi connectivity index (χ3v) is 3.57. The van der Waals surface area contributed by atoms with Crippen LogP contribution in [0.1, 0.15) is 24.5 Å². The van der Waals surface area contributed by atoms with Crippen molar-refractivity contribution in [2.75, 3.05) is 26.3 Å². The standard InChI is InChI=1S/C18H27N3O2.HI/c1-4-9-20-18(19-5-2)21-12-15-7-6-14(3)11-17(15)23-16-8-10-22-13-16;/h4,6-7,11,16H,1,5,8-10,12-13H2,2-3H3,(H2,19,20,21);1H. The van der Waals surface area contributed by atoms with Gasteiger partial charge in [-0.1, -0.05) is 18.2 Å². The summed E-state index contributed by atoms with van der Waals surface area (Å²) in [5, 5.41) is 6.43. The lowest BCUT2D eigenvalue weighted by Crippen LogP contribution is -2.37. The molecule has 0 aliphatic carbocycles. The number of aryl methyl sites for hydroxylation is 1. The summed E-state index contributed by atoms with van der Waals surface area (Å²) in [6.45, 7) is 11.3. The van der Waals surface area contributed by atoms with Crippen molar-refractivity contribution in [2.24, 2.45) is 4.99 Å². The second-order valence-corrected chi connectivity index (χ2v) is 5.58. The lowest BCUT2D eigenvalue weighted by molar-refractivity contribution is 0.140. The van der Waals surface area contributed by atoms with Gasteiger partial charge in [0, 0.05) is 25.1 Å². The zero-order valence-electron chi connectivity index (χ0n) is 14.5. The molecule has 134 valence electrons. The molecule has 6 heteroatoms. The zero-order chi connectivity index (χ0) is 16.5. The van der Waals surface area contributed by atoms with E-state index in [-0.39, 0.29) is 30.1 Å². The van der Waals surface area contributed by atoms with Gasteiger partial charge in [0.15, 0.2) is 5.96 Å². The Morgan fingerprint density at radius 1 is 1.46 bits per heavy atom. The van der Waals surface area contributed by atoms with E-state index in [2.05, 4.69) is 47.3 Å². The number of benzene rings is 1. The van der Waals surface area contributed by atoms with Gasteiger partial charge in [0.25, 0.3) is 0 Å². The lowest BCUT2D eigenvalue weighted by Gasteiger charge is -2.16. The number of hydrogen-bond acceptors (Lipinski definition) is 3. The zero-order valence-corrected chi connectivity index (χ0v) is 16.8. The van der Waals surface area contributed by atoms with E-state index >= 15 is 0 Å². The largest absolute Gasteiger partial charge is 0.488 e. The van der Waals surface area contributed by atoms with Gasteiger partial charge in [0.1, 0.15) is 11.9 Å². The van der Waals surface area contributed by atoms with Crippen LogP contribution in [0.5, 0.6) is 5.75 Å². The smallest absolute Gasteiger partial charge is 0.191 e. The van der Waals surface area contributed by atoms with E-state index in [1.54, 1.807) is 0 Å². The van der Waals surface area contributed by atoms with Crippen LogP contribution in [0.15, 0.2) is 35.8 Å². The molecule has 2 rings (SSSR count). The van der Waals surface area contributed by atoms with Crippen LogP contribution in [0, 0.1) is 6.92 Å². The molecule has 1 fully saturated rings. The van der Waals surface area contributed by atoms with Crippen molar-refractivity contribution >= 4 is 29.9 Å². The topological polar surface area (TPSA) is 54.9 Å². The maximum Gasteiger partial charge on any atom is 0.191 e. The van der Waals surface area contributed by atoms with E-state index in [1.165, 1.54) is 5.56 Å². The Morgan fingerprint density at radius 3 is 2.96 bits per heavy atom. The number of nitrogens with one attached hydrogen (secondary N) is 2. The van der Waals surface area contributed by atoms with Crippen molar-refractivity contribution in [3.05, 3.63) is 42.0 Å². The van der Waals surface area contributed by atoms with Gasteiger partial charge in [0.2, 0.25) is 0 Å². The highest BCUT2D eigenvalue weighted by atomic mass is 127. The minimum atomic E-state index is 0. The molecule has 24 heavy (non-hydrogen) atoms. The highest BCUT2D eigenvalue weighted by Gasteiger charge is 2.18. The first-order chi connectivity index (χ1) is 11.2. The molecule has 2 N–H and O–H groups in total. The fourth-order valence-corrected chi connectivity index (χ4v) is 2.36. The van der Waals surface area contributed by atoms with Crippen molar-refractivity contribution in [3.63, 3.8) is 0 Å². The van der Waals surface area contributed by atoms with Crippen LogP contribution in [-0.4, -0.2) is 38.4 Å². The molecule has 0 amide bonds. The summed E-state index contributed by atoms with van der Waals surface area (Å²) >= 11 is 0. The van der Waals surface area contributed by atoms with Crippen LogP contribution in [0.2, 0.25) is 0 Å². The van der Waals surface area contributed by atoms with Crippen LogP contribution in [0.25, 0.3) is 0 Å². The molecule has 1 unspecified atom stereocenters. The lowest BCUT2D eigenvalue weighted by atomic mass is 10.1. The van der Waals surface area contributed by atoms with Gasteiger partial charge in [-0.3, -0.25) is 0 Å². The summed E-state index contributed by atoms with van der Waals surface area (Å²) in [5.41, 5.74) is 2.27. The number of aliphatic imine (C=N–C) groups is 1. The molecule has 1 aromatic carbocycles. The Morgan fingerprint density at radius 2 is 2.29 bits per heavy atom. The van der Waals surface area contributed by atoms with E-state index < -0.39 is 0 Å². The van der Waals surface area contributed by atoms with Gasteiger partial charge in [-0.05, 0) is 25.5 Å². The predicted octanol–water partition coefficient (Wildman–Crippen LogP) is 3.02. The van der Waals surface area contributed by atoms with Crippen LogP contribution in [0.3, 0.4) is 0 Å². The van der Waals surface area contributed by atoms with Crippen molar-refractivity contribution in [1.82, 2.24) is 10.6 Å². The second-order valence-electron chi connectivity index (χ2n) is 5.58. The van der Waals surface area contributed by atoms with E-state index in [0.29, 0.717) is 19.7 Å². The molecule has 0 saturated carbocycles. The molecule has 1 aliphatic rings. The minimum absolute atomic E-state index is 0. The molecule has 1 heterocycles. The summed E-state index contributed by atoms with van der Waals surface area (Å²) < 4.78 is 11.5. The normalized spacial score (nSPS) is 17.1. The Kier molecular flexibility index (Phi) is 9.78. The molecule has 1 aromatic rings. The van der Waals surface area contributed by atoms with Gasteiger partial charge < -0.3 is 20.1 Å². The Balaban J connectivity index is 0.00000288. The maximum atomic E-state index is 6.11. The fraction of sp³-hybridized carbons (Fsp3) is 0.500. The van der Waals surface area contributed by atoms with E-state index in [9.17, 15) is 0 Å². The minimum Gasteiger partial charge on any atom is -0.488 e. The van der Waals surface area contributed by atoms with Crippen molar-refractivity contribution in [1.29, 1.82) is 0 Å². The molecule has 0 bridgehead atoms. The molecular weight excluding hydrogens is 417 g/mol. The predicted molar refractivity (Wildman–Crippen MR) is 109 cm³/mol. The third-order valence-electron chi connectivity index (χ3n) is 3.57. The Bertz CT molecular complexity index is 543. The highest BCUT2D eigenvalue weighted by Crippen LogP contribution is 2.24. The first kappa shape index (κ1) is 20.8. The number of nitrogens with zero attached hydrogens (tertiary/aromatic N) is 1. The first-order valence-corrected chi connectivity index (χ1v) is 8.20. The maximum absolute atomic E-state index is 6.11. The summed E-state index contributed by atoms with van der Waals surface area (Å²) in [6, 6.07) is 6.25. The van der Waals surface area contributed by atoms with Gasteiger partial charge in [-0.15, -0.1) is 30.6 Å². The number of rotatable bonds is 7. The Hall–Kier alpha value is -1.28. The average molecular weight is 445 g/mol. The quantitative estimate of drug-likeness (QED) is 0.293. The average Bonchev–Trinajstić information content (AvgIpc) is 3.04. The van der Waals surface area contributed by atoms with Crippen molar-refractivity contribution < 1.29 is 9.47 Å². The molecule has 1 atom stereocenters. The summed E-state index contributed by atoms with van der Waals surface area (Å²) in [5.74, 6) is 1.69. The van der Waals surface area contributed by atoms with Gasteiger partial charge in [0.05, 0.1) is 19.8 Å². The number of guanidine groups is 1. The third kappa shape index (κ3) is 6.68. The van der Waals surface area contributed by atoms with Crippen molar-refractivity contribution in [2.45, 2.75) is 32.9 Å². The Labute approximate surface area is 161 Å². The second kappa shape index (κ2) is 11.3. The van der Waals surface area contributed by atoms with Crippen LogP contribution in [0.4, 0.5) is 0 Å². The van der Waals surface area contributed by atoms with Crippen LogP contribution < -0.4 is 15.4 Å². The molecule has 1 saturated heterocycles. The number of ether oxygens (including phenoxy) is 2. The number of hydrogen-bond donors (Lipinski definition) is 2. The monoisotopic (exact) mass is 445 g/mol. The molecule has 0 spiro atoms. The number of halogens is 1. The van der Waals surface area contributed by atoms with Crippen molar-refractivity contribution in [3.8, 4) is 5.75 Å². The van der Waals surface area contributed by atoms with Gasteiger partial charge in [-0.2, -0.15) is 0 Å².